The molecule has 2 N–H and O–H groups in total. The SMILES string of the molecule is C=C(C)COCC(N)CC(C)C. The predicted molar refractivity (Wildman–Crippen MR) is 53.1 cm³/mol. The first-order chi connectivity index (χ1) is 5.52. The third-order valence-corrected chi connectivity index (χ3v) is 1.45. The van der Waals surface area contributed by atoms with E-state index < -0.39 is 0 Å². The van der Waals surface area contributed by atoms with Crippen LogP contribution in [0.5, 0.6) is 0 Å². The summed E-state index contributed by atoms with van der Waals surface area (Å²) >= 11 is 0. The highest BCUT2D eigenvalue weighted by Gasteiger charge is 2.04. The first-order valence-electron chi connectivity index (χ1n) is 4.50. The molecule has 0 fully saturated rings. The molecule has 0 spiro atoms. The zero-order valence-electron chi connectivity index (χ0n) is 8.47. The first-order valence-corrected chi connectivity index (χ1v) is 4.50. The number of hydrogen-bond acceptors (Lipinski definition) is 2. The topological polar surface area (TPSA) is 35.2 Å². The van der Waals surface area contributed by atoms with E-state index in [1.165, 1.54) is 0 Å². The summed E-state index contributed by atoms with van der Waals surface area (Å²) in [4.78, 5) is 0. The molecule has 72 valence electrons. The lowest BCUT2D eigenvalue weighted by Crippen LogP contribution is -2.28. The molecule has 1 atom stereocenters. The highest BCUT2D eigenvalue weighted by Crippen LogP contribution is 2.03. The molecule has 0 saturated heterocycles. The molecule has 1 unspecified atom stereocenters. The molecular weight excluding hydrogens is 150 g/mol. The van der Waals surface area contributed by atoms with Crippen molar-refractivity contribution in [2.24, 2.45) is 11.7 Å². The first kappa shape index (κ1) is 11.7. The van der Waals surface area contributed by atoms with Gasteiger partial charge in [-0.3, -0.25) is 0 Å². The molecule has 0 aromatic carbocycles. The maximum atomic E-state index is 5.81. The Bertz CT molecular complexity index is 132. The Morgan fingerprint density at radius 1 is 1.50 bits per heavy atom. The van der Waals surface area contributed by atoms with Gasteiger partial charge in [-0.1, -0.05) is 26.0 Å². The molecule has 12 heavy (non-hydrogen) atoms. The molecule has 0 aliphatic rings. The van der Waals surface area contributed by atoms with Gasteiger partial charge in [0, 0.05) is 6.04 Å². The van der Waals surface area contributed by atoms with E-state index in [0.29, 0.717) is 19.1 Å². The number of ether oxygens (including phenoxy) is 1. The smallest absolute Gasteiger partial charge is 0.0672 e. The van der Waals surface area contributed by atoms with Crippen molar-refractivity contribution in [1.82, 2.24) is 0 Å². The molecule has 0 radical (unpaired) electrons. The van der Waals surface area contributed by atoms with Gasteiger partial charge in [0.15, 0.2) is 0 Å². The van der Waals surface area contributed by atoms with Crippen molar-refractivity contribution >= 4 is 0 Å². The fourth-order valence-corrected chi connectivity index (χ4v) is 1.06. The van der Waals surface area contributed by atoms with Crippen LogP contribution >= 0.6 is 0 Å². The van der Waals surface area contributed by atoms with Crippen molar-refractivity contribution in [2.45, 2.75) is 33.2 Å². The second kappa shape index (κ2) is 6.21. The van der Waals surface area contributed by atoms with Gasteiger partial charge in [0.2, 0.25) is 0 Å². The van der Waals surface area contributed by atoms with E-state index in [1.54, 1.807) is 0 Å². The summed E-state index contributed by atoms with van der Waals surface area (Å²) in [5.74, 6) is 0.647. The molecule has 0 aromatic rings. The number of nitrogens with two attached hydrogens (primary N) is 1. The van der Waals surface area contributed by atoms with Gasteiger partial charge in [0.25, 0.3) is 0 Å². The highest BCUT2D eigenvalue weighted by molar-refractivity contribution is 4.87. The fraction of sp³-hybridized carbons (Fsp3) is 0.800. The molecule has 0 aliphatic carbocycles. The van der Waals surface area contributed by atoms with Crippen LogP contribution < -0.4 is 5.73 Å². The number of hydrogen-bond donors (Lipinski definition) is 1. The molecule has 0 bridgehead atoms. The number of rotatable bonds is 6. The molecule has 0 aromatic heterocycles. The van der Waals surface area contributed by atoms with Crippen molar-refractivity contribution < 1.29 is 4.74 Å². The van der Waals surface area contributed by atoms with E-state index in [2.05, 4.69) is 20.4 Å². The van der Waals surface area contributed by atoms with Gasteiger partial charge in [-0.15, -0.1) is 0 Å². The predicted octanol–water partition coefficient (Wildman–Crippen LogP) is 1.95. The van der Waals surface area contributed by atoms with Crippen molar-refractivity contribution in [3.05, 3.63) is 12.2 Å². The van der Waals surface area contributed by atoms with Crippen LogP contribution in [0.1, 0.15) is 27.2 Å². The maximum absolute atomic E-state index is 5.81. The summed E-state index contributed by atoms with van der Waals surface area (Å²) in [5, 5.41) is 0. The van der Waals surface area contributed by atoms with Crippen LogP contribution in [0.3, 0.4) is 0 Å². The average molecular weight is 171 g/mol. The van der Waals surface area contributed by atoms with Gasteiger partial charge >= 0.3 is 0 Å². The van der Waals surface area contributed by atoms with E-state index in [9.17, 15) is 0 Å². The third-order valence-electron chi connectivity index (χ3n) is 1.45. The van der Waals surface area contributed by atoms with Crippen molar-refractivity contribution in [3.8, 4) is 0 Å². The maximum Gasteiger partial charge on any atom is 0.0672 e. The van der Waals surface area contributed by atoms with Gasteiger partial charge in [0.1, 0.15) is 0 Å². The van der Waals surface area contributed by atoms with Crippen LogP contribution in [0.15, 0.2) is 12.2 Å². The molecule has 0 amide bonds. The Morgan fingerprint density at radius 2 is 2.08 bits per heavy atom. The van der Waals surface area contributed by atoms with E-state index >= 15 is 0 Å². The summed E-state index contributed by atoms with van der Waals surface area (Å²) in [6.07, 6.45) is 1.02. The minimum absolute atomic E-state index is 0.171. The molecule has 2 nitrogen and oxygen atoms in total. The zero-order chi connectivity index (χ0) is 9.56. The zero-order valence-corrected chi connectivity index (χ0v) is 8.47. The van der Waals surface area contributed by atoms with Gasteiger partial charge in [0.05, 0.1) is 13.2 Å². The van der Waals surface area contributed by atoms with Crippen LogP contribution in [-0.4, -0.2) is 19.3 Å². The summed E-state index contributed by atoms with van der Waals surface area (Å²) in [5.41, 5.74) is 6.85. The Balaban J connectivity index is 3.31. The molecule has 0 aliphatic heterocycles. The quantitative estimate of drug-likeness (QED) is 0.620. The second-order valence-corrected chi connectivity index (χ2v) is 3.86. The lowest BCUT2D eigenvalue weighted by Gasteiger charge is -2.13. The Morgan fingerprint density at radius 3 is 2.50 bits per heavy atom. The van der Waals surface area contributed by atoms with E-state index in [4.69, 9.17) is 10.5 Å². The standard InChI is InChI=1S/C10H21NO/c1-8(2)5-10(11)7-12-6-9(3)4/h8,10H,3,5-7,11H2,1-2,4H3. The second-order valence-electron chi connectivity index (χ2n) is 3.86. The van der Waals surface area contributed by atoms with Crippen LogP contribution in [0.25, 0.3) is 0 Å². The van der Waals surface area contributed by atoms with Crippen LogP contribution in [0.4, 0.5) is 0 Å². The molecule has 0 heterocycles. The Hall–Kier alpha value is -0.340. The van der Waals surface area contributed by atoms with E-state index in [1.807, 2.05) is 6.92 Å². The lowest BCUT2D eigenvalue weighted by atomic mass is 10.1. The lowest BCUT2D eigenvalue weighted by molar-refractivity contribution is 0.135. The molecule has 2 heteroatoms. The van der Waals surface area contributed by atoms with E-state index in [0.717, 1.165) is 12.0 Å². The largest absolute Gasteiger partial charge is 0.376 e. The third kappa shape index (κ3) is 7.76. The minimum atomic E-state index is 0.171. The normalized spacial score (nSPS) is 13.4. The van der Waals surface area contributed by atoms with Crippen LogP contribution in [0, 0.1) is 5.92 Å². The van der Waals surface area contributed by atoms with Crippen LogP contribution in [0.2, 0.25) is 0 Å². The summed E-state index contributed by atoms with van der Waals surface area (Å²) < 4.78 is 5.33. The Labute approximate surface area is 75.8 Å². The van der Waals surface area contributed by atoms with E-state index in [-0.39, 0.29) is 6.04 Å². The molecular formula is C10H21NO. The van der Waals surface area contributed by atoms with Crippen molar-refractivity contribution in [3.63, 3.8) is 0 Å². The average Bonchev–Trinajstić information content (AvgIpc) is 1.84. The van der Waals surface area contributed by atoms with Crippen LogP contribution in [-0.2, 0) is 4.74 Å². The van der Waals surface area contributed by atoms with Gasteiger partial charge in [-0.25, -0.2) is 0 Å². The van der Waals surface area contributed by atoms with Crippen molar-refractivity contribution in [1.29, 1.82) is 0 Å². The summed E-state index contributed by atoms with van der Waals surface area (Å²) in [7, 11) is 0. The highest BCUT2D eigenvalue weighted by atomic mass is 16.5. The monoisotopic (exact) mass is 171 g/mol. The summed E-state index contributed by atoms with van der Waals surface area (Å²) in [6, 6.07) is 0.171. The van der Waals surface area contributed by atoms with Crippen molar-refractivity contribution in [2.75, 3.05) is 13.2 Å². The fourth-order valence-electron chi connectivity index (χ4n) is 1.06. The van der Waals surface area contributed by atoms with Gasteiger partial charge in [-0.2, -0.15) is 0 Å². The molecule has 0 saturated carbocycles. The van der Waals surface area contributed by atoms with Gasteiger partial charge < -0.3 is 10.5 Å². The molecule has 0 rings (SSSR count). The van der Waals surface area contributed by atoms with Gasteiger partial charge in [-0.05, 0) is 19.3 Å². The Kier molecular flexibility index (Phi) is 6.03. The minimum Gasteiger partial charge on any atom is -0.376 e. The summed E-state index contributed by atoms with van der Waals surface area (Å²) in [6.45, 7) is 11.3.